The molecule has 11 heteroatoms. The second-order valence-electron chi connectivity index (χ2n) is 9.21. The maximum atomic E-state index is 13.8. The highest BCUT2D eigenvalue weighted by atomic mass is 35.5. The second kappa shape index (κ2) is 11.9. The van der Waals surface area contributed by atoms with Crippen LogP contribution >= 0.6 is 11.6 Å². The van der Waals surface area contributed by atoms with E-state index in [-0.39, 0.29) is 46.2 Å². The fraction of sp³-hybridized carbons (Fsp3) is 0.407. The number of carbonyl (C=O) groups is 2. The van der Waals surface area contributed by atoms with E-state index in [1.54, 1.807) is 51.1 Å². The summed E-state index contributed by atoms with van der Waals surface area (Å²) in [6.45, 7) is 9.68. The summed E-state index contributed by atoms with van der Waals surface area (Å²) < 4.78 is 7.43. The van der Waals surface area contributed by atoms with Gasteiger partial charge >= 0.3 is 11.7 Å². The number of esters is 1. The van der Waals surface area contributed by atoms with Crippen molar-refractivity contribution in [3.63, 3.8) is 0 Å². The number of hydrogen-bond acceptors (Lipinski definition) is 7. The number of hydrogen-bond donors (Lipinski definition) is 2. The summed E-state index contributed by atoms with van der Waals surface area (Å²) in [5.74, 6) is -0.922. The number of piperazine rings is 1. The average Bonchev–Trinajstić information content (AvgIpc) is 2.88. The van der Waals surface area contributed by atoms with Crippen molar-refractivity contribution in [2.75, 3.05) is 45.9 Å². The highest BCUT2D eigenvalue weighted by molar-refractivity contribution is 6.32. The molecule has 0 atom stereocenters. The molecule has 0 saturated carbocycles. The van der Waals surface area contributed by atoms with Gasteiger partial charge in [-0.15, -0.1) is 0 Å². The minimum Gasteiger partial charge on any atom is -0.462 e. The van der Waals surface area contributed by atoms with Crippen LogP contribution in [0.3, 0.4) is 0 Å². The Labute approximate surface area is 225 Å². The zero-order valence-electron chi connectivity index (χ0n) is 21.8. The monoisotopic (exact) mass is 541 g/mol. The van der Waals surface area contributed by atoms with Crippen molar-refractivity contribution in [1.82, 2.24) is 24.7 Å². The Morgan fingerprint density at radius 3 is 2.53 bits per heavy atom. The Morgan fingerprint density at radius 1 is 1.13 bits per heavy atom. The van der Waals surface area contributed by atoms with Crippen LogP contribution in [0.25, 0.3) is 16.6 Å². The molecule has 1 fully saturated rings. The predicted octanol–water partition coefficient (Wildman–Crippen LogP) is 1.62. The Kier molecular flexibility index (Phi) is 8.65. The average molecular weight is 542 g/mol. The maximum Gasteiger partial charge on any atom is 0.338 e. The Balaban J connectivity index is 1.82. The standard InChI is InChI=1S/C27H32ClN5O5/c1-4-38-26(36)23-17(2)15-21-24(18(23)3)25(35)33(20-8-6-5-7-19(20)28)27(37)32(21)16-22(34)30-11-14-31-12-9-29-10-13-31/h5-8,15,29H,4,9-14,16H2,1-3H3,(H,30,34). The minimum atomic E-state index is -0.699. The number of nitrogens with one attached hydrogen (secondary N) is 2. The molecule has 1 aliphatic heterocycles. The molecule has 202 valence electrons. The van der Waals surface area contributed by atoms with E-state index in [9.17, 15) is 19.2 Å². The number of aromatic nitrogens is 2. The highest BCUT2D eigenvalue weighted by Gasteiger charge is 2.24. The largest absolute Gasteiger partial charge is 0.462 e. The molecule has 10 nitrogen and oxygen atoms in total. The summed E-state index contributed by atoms with van der Waals surface area (Å²) in [4.78, 5) is 55.5. The van der Waals surface area contributed by atoms with Crippen molar-refractivity contribution in [3.8, 4) is 5.69 Å². The number of fused-ring (bicyclic) bond motifs is 1. The zero-order valence-corrected chi connectivity index (χ0v) is 22.6. The van der Waals surface area contributed by atoms with Crippen molar-refractivity contribution in [1.29, 1.82) is 0 Å². The molecule has 2 aromatic carbocycles. The molecule has 0 aliphatic carbocycles. The van der Waals surface area contributed by atoms with Crippen molar-refractivity contribution in [2.45, 2.75) is 27.3 Å². The first kappa shape index (κ1) is 27.6. The molecule has 0 bridgehead atoms. The smallest absolute Gasteiger partial charge is 0.338 e. The third-order valence-electron chi connectivity index (χ3n) is 6.72. The molecule has 0 unspecified atom stereocenters. The van der Waals surface area contributed by atoms with E-state index in [1.165, 1.54) is 4.57 Å². The van der Waals surface area contributed by atoms with E-state index in [0.29, 0.717) is 24.2 Å². The molecule has 3 aromatic rings. The van der Waals surface area contributed by atoms with Crippen molar-refractivity contribution in [2.24, 2.45) is 0 Å². The van der Waals surface area contributed by atoms with Gasteiger partial charge in [0.25, 0.3) is 5.56 Å². The first-order valence-electron chi connectivity index (χ1n) is 12.7. The number of benzene rings is 2. The van der Waals surface area contributed by atoms with Gasteiger partial charge in [-0.2, -0.15) is 0 Å². The molecule has 4 rings (SSSR count). The molecule has 1 amide bonds. The summed E-state index contributed by atoms with van der Waals surface area (Å²) in [6.07, 6.45) is 0. The quantitative estimate of drug-likeness (QED) is 0.416. The van der Waals surface area contributed by atoms with E-state index in [0.717, 1.165) is 30.7 Å². The number of nitrogens with zero attached hydrogens (tertiary/aromatic N) is 3. The first-order chi connectivity index (χ1) is 18.2. The van der Waals surface area contributed by atoms with Gasteiger partial charge in [0.05, 0.1) is 33.8 Å². The molecular weight excluding hydrogens is 510 g/mol. The molecule has 2 N–H and O–H groups in total. The van der Waals surface area contributed by atoms with Gasteiger partial charge in [-0.3, -0.25) is 19.1 Å². The van der Waals surface area contributed by atoms with Crippen LogP contribution in [0, 0.1) is 13.8 Å². The summed E-state index contributed by atoms with van der Waals surface area (Å²) in [6, 6.07) is 8.07. The highest BCUT2D eigenvalue weighted by Crippen LogP contribution is 2.25. The van der Waals surface area contributed by atoms with Crippen LogP contribution in [0.2, 0.25) is 5.02 Å². The fourth-order valence-electron chi connectivity index (χ4n) is 4.87. The number of ether oxygens (including phenoxy) is 1. The van der Waals surface area contributed by atoms with E-state index in [2.05, 4.69) is 15.5 Å². The second-order valence-corrected chi connectivity index (χ2v) is 9.62. The van der Waals surface area contributed by atoms with Gasteiger partial charge in [0.2, 0.25) is 5.91 Å². The van der Waals surface area contributed by atoms with Crippen molar-refractivity contribution < 1.29 is 14.3 Å². The van der Waals surface area contributed by atoms with E-state index in [1.807, 2.05) is 0 Å². The van der Waals surface area contributed by atoms with E-state index in [4.69, 9.17) is 16.3 Å². The molecule has 2 heterocycles. The van der Waals surface area contributed by atoms with Crippen molar-refractivity contribution >= 4 is 34.4 Å². The van der Waals surface area contributed by atoms with Gasteiger partial charge < -0.3 is 15.4 Å². The van der Waals surface area contributed by atoms with Crippen LogP contribution in [0.4, 0.5) is 0 Å². The predicted molar refractivity (Wildman–Crippen MR) is 147 cm³/mol. The molecule has 1 saturated heterocycles. The Morgan fingerprint density at radius 2 is 1.84 bits per heavy atom. The lowest BCUT2D eigenvalue weighted by Crippen LogP contribution is -2.47. The minimum absolute atomic E-state index is 0.145. The van der Waals surface area contributed by atoms with Crippen LogP contribution in [-0.4, -0.2) is 71.8 Å². The fourth-order valence-corrected chi connectivity index (χ4v) is 5.09. The first-order valence-corrected chi connectivity index (χ1v) is 13.0. The zero-order chi connectivity index (χ0) is 27.4. The van der Waals surface area contributed by atoms with Crippen LogP contribution in [0.5, 0.6) is 0 Å². The number of carbonyl (C=O) groups excluding carboxylic acids is 2. The number of amides is 1. The van der Waals surface area contributed by atoms with Gasteiger partial charge in [0, 0.05) is 39.3 Å². The van der Waals surface area contributed by atoms with Crippen LogP contribution in [0.15, 0.2) is 39.9 Å². The number of rotatable bonds is 8. The molecule has 0 radical (unpaired) electrons. The van der Waals surface area contributed by atoms with Crippen molar-refractivity contribution in [3.05, 3.63) is 72.9 Å². The number of halogens is 1. The van der Waals surface area contributed by atoms with Gasteiger partial charge in [-0.1, -0.05) is 23.7 Å². The lowest BCUT2D eigenvalue weighted by molar-refractivity contribution is -0.121. The van der Waals surface area contributed by atoms with Gasteiger partial charge in [0.1, 0.15) is 6.54 Å². The Bertz CT molecular complexity index is 1490. The van der Waals surface area contributed by atoms with E-state index >= 15 is 0 Å². The molecule has 1 aromatic heterocycles. The lowest BCUT2D eigenvalue weighted by atomic mass is 9.98. The van der Waals surface area contributed by atoms with Crippen LogP contribution in [0.1, 0.15) is 28.4 Å². The molecule has 38 heavy (non-hydrogen) atoms. The summed E-state index contributed by atoms with van der Waals surface area (Å²) in [7, 11) is 0. The van der Waals surface area contributed by atoms with Crippen LogP contribution in [-0.2, 0) is 16.1 Å². The van der Waals surface area contributed by atoms with Gasteiger partial charge in [-0.05, 0) is 50.1 Å². The van der Waals surface area contributed by atoms with Crippen LogP contribution < -0.4 is 21.9 Å². The number of para-hydroxylation sites is 1. The third kappa shape index (κ3) is 5.52. The normalized spacial score (nSPS) is 14.0. The summed E-state index contributed by atoms with van der Waals surface area (Å²) >= 11 is 6.37. The molecular formula is C27H32ClN5O5. The SMILES string of the molecule is CCOC(=O)c1c(C)cc2c(c1C)c(=O)n(-c1ccccc1Cl)c(=O)n2CC(=O)NCCN1CCNCC1. The number of aryl methyl sites for hydroxylation is 2. The Hall–Kier alpha value is -3.47. The van der Waals surface area contributed by atoms with E-state index < -0.39 is 17.2 Å². The maximum absolute atomic E-state index is 13.8. The van der Waals surface area contributed by atoms with Gasteiger partial charge in [0.15, 0.2) is 0 Å². The van der Waals surface area contributed by atoms with Gasteiger partial charge in [-0.25, -0.2) is 14.2 Å². The topological polar surface area (TPSA) is 115 Å². The summed E-state index contributed by atoms with van der Waals surface area (Å²) in [5, 5.41) is 6.52. The third-order valence-corrected chi connectivity index (χ3v) is 7.04. The lowest BCUT2D eigenvalue weighted by Gasteiger charge is -2.27. The molecule has 1 aliphatic rings. The molecule has 0 spiro atoms. The summed E-state index contributed by atoms with van der Waals surface area (Å²) in [5.41, 5.74) is 0.299.